The van der Waals surface area contributed by atoms with Crippen molar-refractivity contribution in [2.24, 2.45) is 0 Å². The summed E-state index contributed by atoms with van der Waals surface area (Å²) in [5.41, 5.74) is 0. The molecule has 0 aromatic heterocycles. The molecule has 0 aliphatic rings. The number of methoxy groups -OCH3 is 2. The van der Waals surface area contributed by atoms with E-state index >= 15 is 0 Å². The molecule has 0 aliphatic heterocycles. The van der Waals surface area contributed by atoms with Gasteiger partial charge in [-0.2, -0.15) is 0 Å². The monoisotopic (exact) mass is 366 g/mol. The minimum atomic E-state index is -0.0391. The quantitative estimate of drug-likeness (QED) is 0.412. The molecule has 1 atom stereocenters. The van der Waals surface area contributed by atoms with E-state index < -0.39 is 0 Å². The zero-order valence-corrected chi connectivity index (χ0v) is 16.0. The van der Waals surface area contributed by atoms with Crippen molar-refractivity contribution in [3.05, 3.63) is 30.3 Å². The second kappa shape index (κ2) is 10.4. The van der Waals surface area contributed by atoms with Crippen LogP contribution in [0.2, 0.25) is 0 Å². The molecule has 0 radical (unpaired) electrons. The summed E-state index contributed by atoms with van der Waals surface area (Å²) in [4.78, 5) is 0. The van der Waals surface area contributed by atoms with Crippen molar-refractivity contribution in [1.82, 2.24) is 0 Å². The Morgan fingerprint density at radius 1 is 1.04 bits per heavy atom. The van der Waals surface area contributed by atoms with Gasteiger partial charge in [-0.25, -0.2) is 0 Å². The summed E-state index contributed by atoms with van der Waals surface area (Å²) in [7, 11) is 3.32. The largest absolute Gasteiger partial charge is 0.493 e. The molecule has 0 saturated heterocycles. The van der Waals surface area contributed by atoms with Gasteiger partial charge >= 0.3 is 0 Å². The summed E-state index contributed by atoms with van der Waals surface area (Å²) in [6, 6.07) is 9.92. The van der Waals surface area contributed by atoms with Gasteiger partial charge in [0.15, 0.2) is 11.5 Å². The van der Waals surface area contributed by atoms with E-state index in [0.29, 0.717) is 24.8 Å². The number of unbranched alkanes of at least 4 members (excludes halogenated alkanes) is 1. The number of ether oxygens (including phenoxy) is 4. The number of halogens is 1. The van der Waals surface area contributed by atoms with Crippen molar-refractivity contribution < 1.29 is 18.9 Å². The van der Waals surface area contributed by atoms with Gasteiger partial charge in [0.2, 0.25) is 0 Å². The van der Waals surface area contributed by atoms with Crippen LogP contribution in [-0.2, 0) is 4.74 Å². The molecular weight excluding hydrogens is 340 g/mol. The van der Waals surface area contributed by atoms with Gasteiger partial charge in [-0.1, -0.05) is 37.6 Å². The van der Waals surface area contributed by atoms with Gasteiger partial charge < -0.3 is 18.9 Å². The number of benzene rings is 2. The second-order valence-corrected chi connectivity index (χ2v) is 6.18. The van der Waals surface area contributed by atoms with Crippen LogP contribution in [0.3, 0.4) is 0 Å². The van der Waals surface area contributed by atoms with Crippen LogP contribution in [0.15, 0.2) is 30.3 Å². The molecular formula is C20H27ClO4. The summed E-state index contributed by atoms with van der Waals surface area (Å²) in [5.74, 6) is 2.74. The van der Waals surface area contributed by atoms with Crippen LogP contribution in [0.25, 0.3) is 10.8 Å². The highest BCUT2D eigenvalue weighted by atomic mass is 35.5. The zero-order chi connectivity index (χ0) is 18.1. The smallest absolute Gasteiger partial charge is 0.169 e. The lowest BCUT2D eigenvalue weighted by atomic mass is 10.1. The van der Waals surface area contributed by atoms with Crippen molar-refractivity contribution in [2.75, 3.05) is 33.3 Å². The van der Waals surface area contributed by atoms with Crippen molar-refractivity contribution in [2.45, 2.75) is 32.3 Å². The fourth-order valence-electron chi connectivity index (χ4n) is 2.60. The maximum Gasteiger partial charge on any atom is 0.169 e. The lowest BCUT2D eigenvalue weighted by molar-refractivity contribution is 0.0566. The van der Waals surface area contributed by atoms with E-state index in [0.717, 1.165) is 41.5 Å². The Bertz CT molecular complexity index is 659. The molecule has 2 aromatic carbocycles. The third kappa shape index (κ3) is 5.16. The van der Waals surface area contributed by atoms with Crippen molar-refractivity contribution in [3.63, 3.8) is 0 Å². The van der Waals surface area contributed by atoms with Crippen LogP contribution in [-0.4, -0.2) is 39.4 Å². The Balaban J connectivity index is 2.33. The number of rotatable bonds is 11. The van der Waals surface area contributed by atoms with Gasteiger partial charge in [-0.05, 0) is 12.8 Å². The molecule has 0 bridgehead atoms. The Hall–Kier alpha value is -1.65. The van der Waals surface area contributed by atoms with Crippen LogP contribution in [0.5, 0.6) is 17.2 Å². The molecule has 0 fully saturated rings. The first-order valence-corrected chi connectivity index (χ1v) is 9.22. The van der Waals surface area contributed by atoms with Gasteiger partial charge in [0.1, 0.15) is 12.4 Å². The number of hydrogen-bond acceptors (Lipinski definition) is 4. The predicted molar refractivity (Wildman–Crippen MR) is 103 cm³/mol. The van der Waals surface area contributed by atoms with Crippen molar-refractivity contribution in [1.29, 1.82) is 0 Å². The van der Waals surface area contributed by atoms with Gasteiger partial charge in [0.25, 0.3) is 0 Å². The predicted octanol–water partition coefficient (Wildman–Crippen LogP) is 5.05. The molecule has 0 amide bonds. The maximum absolute atomic E-state index is 6.03. The Kier molecular flexibility index (Phi) is 8.16. The highest BCUT2D eigenvalue weighted by Gasteiger charge is 2.16. The fraction of sp³-hybridized carbons (Fsp3) is 0.500. The normalized spacial score (nSPS) is 12.2. The zero-order valence-electron chi connectivity index (χ0n) is 15.2. The van der Waals surface area contributed by atoms with Crippen LogP contribution < -0.4 is 14.2 Å². The van der Waals surface area contributed by atoms with E-state index in [9.17, 15) is 0 Å². The van der Waals surface area contributed by atoms with Gasteiger partial charge in [0, 0.05) is 29.8 Å². The molecule has 25 heavy (non-hydrogen) atoms. The standard InChI is InChI=1S/C20H27ClO4/c1-4-5-12-24-20-17-9-7-6-8-16(17)18(13-19(20)23-3)25-14-15(22-2)10-11-21/h6-9,13,15H,4-5,10-12,14H2,1-3H3. The van der Waals surface area contributed by atoms with E-state index in [2.05, 4.69) is 6.92 Å². The van der Waals surface area contributed by atoms with E-state index in [1.54, 1.807) is 14.2 Å². The van der Waals surface area contributed by atoms with Crippen molar-refractivity contribution >= 4 is 22.4 Å². The second-order valence-electron chi connectivity index (χ2n) is 5.80. The van der Waals surface area contributed by atoms with Crippen LogP contribution in [0.4, 0.5) is 0 Å². The third-order valence-corrected chi connectivity index (χ3v) is 4.29. The molecule has 5 heteroatoms. The summed E-state index contributed by atoms with van der Waals surface area (Å²) in [6.45, 7) is 3.24. The van der Waals surface area contributed by atoms with Gasteiger partial charge in [-0.3, -0.25) is 0 Å². The molecule has 2 rings (SSSR count). The molecule has 0 aliphatic carbocycles. The summed E-state index contributed by atoms with van der Waals surface area (Å²) >= 11 is 5.81. The molecule has 1 unspecified atom stereocenters. The number of hydrogen-bond donors (Lipinski definition) is 0. The molecule has 0 heterocycles. The first-order valence-electron chi connectivity index (χ1n) is 8.69. The number of fused-ring (bicyclic) bond motifs is 1. The van der Waals surface area contributed by atoms with E-state index in [1.165, 1.54) is 0 Å². The van der Waals surface area contributed by atoms with Crippen LogP contribution in [0, 0.1) is 0 Å². The summed E-state index contributed by atoms with van der Waals surface area (Å²) in [6.07, 6.45) is 2.79. The Morgan fingerprint density at radius 3 is 2.44 bits per heavy atom. The molecule has 0 saturated carbocycles. The van der Waals surface area contributed by atoms with Gasteiger partial charge in [0.05, 0.1) is 19.8 Å². The highest BCUT2D eigenvalue weighted by Crippen LogP contribution is 2.41. The lowest BCUT2D eigenvalue weighted by Gasteiger charge is -2.19. The topological polar surface area (TPSA) is 36.9 Å². The maximum atomic E-state index is 6.03. The average molecular weight is 367 g/mol. The third-order valence-electron chi connectivity index (χ3n) is 4.08. The Morgan fingerprint density at radius 2 is 1.80 bits per heavy atom. The summed E-state index contributed by atoms with van der Waals surface area (Å²) < 4.78 is 23.0. The minimum absolute atomic E-state index is 0.0391. The summed E-state index contributed by atoms with van der Waals surface area (Å²) in [5, 5.41) is 1.98. The highest BCUT2D eigenvalue weighted by molar-refractivity contribution is 6.17. The van der Waals surface area contributed by atoms with Crippen LogP contribution >= 0.6 is 11.6 Å². The fourth-order valence-corrected chi connectivity index (χ4v) is 2.85. The SMILES string of the molecule is CCCCOc1c(OC)cc(OCC(CCCl)OC)c2ccccc12. The lowest BCUT2D eigenvalue weighted by Crippen LogP contribution is -2.20. The minimum Gasteiger partial charge on any atom is -0.493 e. The first-order chi connectivity index (χ1) is 12.2. The molecule has 0 N–H and O–H groups in total. The molecule has 0 spiro atoms. The van der Waals surface area contributed by atoms with E-state index in [-0.39, 0.29) is 6.10 Å². The average Bonchev–Trinajstić information content (AvgIpc) is 2.65. The number of alkyl halides is 1. The van der Waals surface area contributed by atoms with E-state index in [1.807, 2.05) is 30.3 Å². The van der Waals surface area contributed by atoms with Crippen molar-refractivity contribution in [3.8, 4) is 17.2 Å². The molecule has 4 nitrogen and oxygen atoms in total. The van der Waals surface area contributed by atoms with Crippen LogP contribution in [0.1, 0.15) is 26.2 Å². The molecule has 138 valence electrons. The molecule has 2 aromatic rings. The first kappa shape index (κ1) is 19.7. The van der Waals surface area contributed by atoms with E-state index in [4.69, 9.17) is 30.5 Å². The Labute approximate surface area is 155 Å². The van der Waals surface area contributed by atoms with Gasteiger partial charge in [-0.15, -0.1) is 11.6 Å².